The molecule has 12 heterocycles. The van der Waals surface area contributed by atoms with Crippen molar-refractivity contribution in [3.63, 3.8) is 0 Å². The van der Waals surface area contributed by atoms with Crippen LogP contribution in [0.2, 0.25) is 0 Å². The molecule has 0 N–H and O–H groups in total. The lowest BCUT2D eigenvalue weighted by Crippen LogP contribution is -2.14. The minimum absolute atomic E-state index is 0.375. The first-order chi connectivity index (χ1) is 24.8. The monoisotopic (exact) mass is 692 g/mol. The molecule has 0 radical (unpaired) electrons. The van der Waals surface area contributed by atoms with Crippen molar-refractivity contribution in [1.82, 2.24) is 19.9 Å². The molecule has 2 aromatic heterocycles. The molecule has 10 aliphatic rings. The van der Waals surface area contributed by atoms with Crippen LogP contribution in [-0.2, 0) is 28.4 Å². The predicted octanol–water partition coefficient (Wildman–Crippen LogP) is 3.93. The zero-order valence-electron chi connectivity index (χ0n) is 28.1. The summed E-state index contributed by atoms with van der Waals surface area (Å²) in [7, 11) is 0. The van der Waals surface area contributed by atoms with Gasteiger partial charge in [-0.25, -0.2) is 19.9 Å². The van der Waals surface area contributed by atoms with Crippen molar-refractivity contribution in [2.24, 2.45) is 0 Å². The van der Waals surface area contributed by atoms with Crippen LogP contribution in [-0.4, -0.2) is 126 Å². The molecule has 0 atom stereocenters. The van der Waals surface area contributed by atoms with E-state index in [2.05, 4.69) is 19.9 Å². The number of benzene rings is 2. The molecule has 0 saturated heterocycles. The lowest BCUT2D eigenvalue weighted by Gasteiger charge is -2.10. The zero-order valence-corrected chi connectivity index (χ0v) is 28.1. The Balaban J connectivity index is 1.02. The third-order valence-electron chi connectivity index (χ3n) is 6.95. The maximum absolute atomic E-state index is 5.77. The van der Waals surface area contributed by atoms with E-state index in [1.54, 1.807) is 24.8 Å². The molecular weight excluding hydrogens is 648 g/mol. The topological polar surface area (TPSA) is 144 Å². The van der Waals surface area contributed by atoms with Crippen LogP contribution in [0, 0.1) is 0 Å². The van der Waals surface area contributed by atoms with Crippen molar-refractivity contribution in [2.75, 3.05) is 106 Å². The number of rotatable bonds is 0. The van der Waals surface area contributed by atoms with Gasteiger partial charge in [0.05, 0.1) is 104 Å². The predicted molar refractivity (Wildman–Crippen MR) is 182 cm³/mol. The van der Waals surface area contributed by atoms with Crippen molar-refractivity contribution >= 4 is 0 Å². The first-order valence-electron chi connectivity index (χ1n) is 16.7. The maximum atomic E-state index is 5.77. The standard InChI is InChI=1S/C36H44N4O10/c1-5-31-6-2-29(1)35-37-25-33(26-38-35)49-23-19-45-15-11-42-12-16-46-20-24-50-34-27-39-36(40-28-34)30-3-7-32(8-4-30)48-22-18-44-14-10-41-9-13-43-17-21-47-31/h1-8,25-28H,9-24H2. The van der Waals surface area contributed by atoms with Crippen molar-refractivity contribution in [3.8, 4) is 45.8 Å². The second-order valence-electron chi connectivity index (χ2n) is 10.6. The molecule has 0 fully saturated rings. The van der Waals surface area contributed by atoms with Crippen LogP contribution in [0.3, 0.4) is 0 Å². The van der Waals surface area contributed by atoms with Crippen molar-refractivity contribution in [3.05, 3.63) is 73.3 Å². The highest BCUT2D eigenvalue weighted by Gasteiger charge is 2.06. The molecule has 14 rings (SSSR count). The van der Waals surface area contributed by atoms with E-state index in [0.29, 0.717) is 129 Å². The molecule has 14 nitrogen and oxygen atoms in total. The summed E-state index contributed by atoms with van der Waals surface area (Å²) in [6.07, 6.45) is 6.58. The van der Waals surface area contributed by atoms with Crippen LogP contribution in [0.5, 0.6) is 23.0 Å². The van der Waals surface area contributed by atoms with Crippen molar-refractivity contribution in [1.29, 1.82) is 0 Å². The smallest absolute Gasteiger partial charge is 0.159 e. The van der Waals surface area contributed by atoms with Gasteiger partial charge < -0.3 is 47.4 Å². The van der Waals surface area contributed by atoms with E-state index in [4.69, 9.17) is 47.4 Å². The maximum Gasteiger partial charge on any atom is 0.159 e. The van der Waals surface area contributed by atoms with Crippen LogP contribution >= 0.6 is 0 Å². The fourth-order valence-corrected chi connectivity index (χ4v) is 4.44. The van der Waals surface area contributed by atoms with E-state index in [1.807, 2.05) is 48.5 Å². The minimum atomic E-state index is 0.375. The highest BCUT2D eigenvalue weighted by atomic mass is 16.6. The highest BCUT2D eigenvalue weighted by Crippen LogP contribution is 2.21. The van der Waals surface area contributed by atoms with Crippen LogP contribution in [0.15, 0.2) is 73.3 Å². The number of hydrogen-bond acceptors (Lipinski definition) is 14. The fraction of sp³-hybridized carbons (Fsp3) is 0.444. The Morgan fingerprint density at radius 3 is 0.800 bits per heavy atom. The molecule has 0 saturated carbocycles. The molecule has 14 heteroatoms. The van der Waals surface area contributed by atoms with Gasteiger partial charge in [0, 0.05) is 11.1 Å². The van der Waals surface area contributed by atoms with Gasteiger partial charge in [-0.15, -0.1) is 0 Å². The third kappa shape index (κ3) is 13.8. The second-order valence-corrected chi connectivity index (χ2v) is 10.6. The molecule has 4 aromatic rings. The largest absolute Gasteiger partial charge is 0.491 e. The van der Waals surface area contributed by atoms with Gasteiger partial charge in [0.1, 0.15) is 37.9 Å². The molecule has 0 aliphatic carbocycles. The Hall–Kier alpha value is -4.44. The number of hydrogen-bond donors (Lipinski definition) is 0. The summed E-state index contributed by atoms with van der Waals surface area (Å²) >= 11 is 0. The van der Waals surface area contributed by atoms with Crippen LogP contribution in [0.4, 0.5) is 0 Å². The zero-order chi connectivity index (χ0) is 34.3. The molecule has 10 aliphatic heterocycles. The minimum Gasteiger partial charge on any atom is -0.491 e. The van der Waals surface area contributed by atoms with E-state index in [9.17, 15) is 0 Å². The van der Waals surface area contributed by atoms with Crippen LogP contribution < -0.4 is 18.9 Å². The Morgan fingerprint density at radius 2 is 0.520 bits per heavy atom. The van der Waals surface area contributed by atoms with Gasteiger partial charge in [-0.1, -0.05) is 0 Å². The first kappa shape index (κ1) is 36.8. The molecule has 0 unspecified atom stereocenters. The molecular formula is C36H44N4O10. The third-order valence-corrected chi connectivity index (χ3v) is 6.95. The number of nitrogens with zero attached hydrogens (tertiary/aromatic N) is 4. The summed E-state index contributed by atoms with van der Waals surface area (Å²) in [5.74, 6) is 3.80. The summed E-state index contributed by atoms with van der Waals surface area (Å²) in [6, 6.07) is 15.2. The second kappa shape index (κ2) is 22.3. The summed E-state index contributed by atoms with van der Waals surface area (Å²) < 4.78 is 56.4. The number of ether oxygens (including phenoxy) is 10. The van der Waals surface area contributed by atoms with Gasteiger partial charge in [0.2, 0.25) is 0 Å². The number of aromatic nitrogens is 4. The van der Waals surface area contributed by atoms with Gasteiger partial charge in [0.25, 0.3) is 0 Å². The molecule has 8 bridgehead atoms. The van der Waals surface area contributed by atoms with Gasteiger partial charge in [0.15, 0.2) is 23.1 Å². The van der Waals surface area contributed by atoms with E-state index < -0.39 is 0 Å². The average molecular weight is 693 g/mol. The average Bonchev–Trinajstić information content (AvgIpc) is 3.16. The summed E-state index contributed by atoms with van der Waals surface area (Å²) in [4.78, 5) is 17.6. The highest BCUT2D eigenvalue weighted by molar-refractivity contribution is 5.57. The Morgan fingerprint density at radius 1 is 0.280 bits per heavy atom. The molecule has 2 aromatic carbocycles. The summed E-state index contributed by atoms with van der Waals surface area (Å²) in [5.41, 5.74) is 1.74. The Kier molecular flexibility index (Phi) is 16.4. The van der Waals surface area contributed by atoms with Gasteiger partial charge in [-0.3, -0.25) is 0 Å². The van der Waals surface area contributed by atoms with Gasteiger partial charge in [-0.2, -0.15) is 0 Å². The summed E-state index contributed by atoms with van der Waals surface area (Å²) in [5, 5.41) is 0. The molecule has 50 heavy (non-hydrogen) atoms. The normalized spacial score (nSPS) is 17.3. The first-order valence-corrected chi connectivity index (χ1v) is 16.7. The van der Waals surface area contributed by atoms with Crippen LogP contribution in [0.25, 0.3) is 22.8 Å². The van der Waals surface area contributed by atoms with Gasteiger partial charge >= 0.3 is 0 Å². The van der Waals surface area contributed by atoms with E-state index in [1.165, 1.54) is 0 Å². The SMILES string of the molecule is c1cc2ccc1OCCOCCOCCOCCOc1ccc(cc1)-c1ncc(cn1)OCCOCCOCCOCCOc1cnc-2nc1. The summed E-state index contributed by atoms with van der Waals surface area (Å²) in [6.45, 7) is 7.05. The van der Waals surface area contributed by atoms with Crippen LogP contribution in [0.1, 0.15) is 0 Å². The quantitative estimate of drug-likeness (QED) is 0.263. The fourth-order valence-electron chi connectivity index (χ4n) is 4.44. The molecule has 0 amide bonds. The Bertz CT molecular complexity index is 1240. The van der Waals surface area contributed by atoms with E-state index >= 15 is 0 Å². The van der Waals surface area contributed by atoms with E-state index in [0.717, 1.165) is 22.6 Å². The van der Waals surface area contributed by atoms with Crippen molar-refractivity contribution < 1.29 is 47.4 Å². The van der Waals surface area contributed by atoms with E-state index in [-0.39, 0.29) is 0 Å². The Labute approximate surface area is 291 Å². The lowest BCUT2D eigenvalue weighted by molar-refractivity contribution is 0.00493. The molecule has 0 spiro atoms. The lowest BCUT2D eigenvalue weighted by atomic mass is 10.2. The molecule has 268 valence electrons. The van der Waals surface area contributed by atoms with Gasteiger partial charge in [-0.05, 0) is 48.5 Å². The van der Waals surface area contributed by atoms with Crippen molar-refractivity contribution in [2.45, 2.75) is 0 Å².